The smallest absolute Gasteiger partial charge is 0.478 e. The highest BCUT2D eigenvalue weighted by atomic mass is 32.3. The van der Waals surface area contributed by atoms with Gasteiger partial charge in [0.05, 0.1) is 24.6 Å². The third-order valence-electron chi connectivity index (χ3n) is 3.34. The summed E-state index contributed by atoms with van der Waals surface area (Å²) >= 11 is 0. The van der Waals surface area contributed by atoms with Crippen molar-refractivity contribution >= 4 is 34.6 Å². The molecule has 1 saturated heterocycles. The van der Waals surface area contributed by atoms with Gasteiger partial charge in [-0.25, -0.2) is 4.79 Å². The number of esters is 1. The molecular formula is C19H25O7S+. The van der Waals surface area contributed by atoms with Gasteiger partial charge in [-0.2, -0.15) is 0 Å². The summed E-state index contributed by atoms with van der Waals surface area (Å²) in [6.07, 6.45) is 4.16. The maximum Gasteiger partial charge on any atom is 0.572 e. The van der Waals surface area contributed by atoms with Crippen molar-refractivity contribution in [2.24, 2.45) is 0 Å². The first-order valence-corrected chi connectivity index (χ1v) is 10.3. The fourth-order valence-electron chi connectivity index (χ4n) is 1.94. The van der Waals surface area contributed by atoms with E-state index in [1.54, 1.807) is 30.5 Å². The molecular weight excluding hydrogens is 372 g/mol. The van der Waals surface area contributed by atoms with Crippen molar-refractivity contribution in [1.29, 1.82) is 0 Å². The zero-order chi connectivity index (χ0) is 20.6. The van der Waals surface area contributed by atoms with Crippen LogP contribution in [0.1, 0.15) is 25.8 Å². The summed E-state index contributed by atoms with van der Waals surface area (Å²) in [5.74, 6) is -1.00. The van der Waals surface area contributed by atoms with E-state index < -0.39 is 28.5 Å². The lowest BCUT2D eigenvalue weighted by Gasteiger charge is -2.18. The molecule has 2 rings (SSSR count). The molecule has 8 heteroatoms. The van der Waals surface area contributed by atoms with Gasteiger partial charge in [0, 0.05) is 6.08 Å². The molecule has 1 heterocycles. The fourth-order valence-corrected chi connectivity index (χ4v) is 3.89. The zero-order valence-electron chi connectivity index (χ0n) is 15.9. The average Bonchev–Trinajstić information content (AvgIpc) is 3.32. The summed E-state index contributed by atoms with van der Waals surface area (Å²) < 4.78 is 12.8. The van der Waals surface area contributed by atoms with Crippen LogP contribution in [0.5, 0.6) is 5.75 Å². The first kappa shape index (κ1) is 22.3. The van der Waals surface area contributed by atoms with Crippen LogP contribution in [0.2, 0.25) is 0 Å². The van der Waals surface area contributed by atoms with E-state index in [1.807, 2.05) is 13.8 Å². The molecule has 1 fully saturated rings. The largest absolute Gasteiger partial charge is 0.572 e. The third-order valence-corrected chi connectivity index (χ3v) is 5.40. The molecule has 0 aromatic heterocycles. The lowest BCUT2D eigenvalue weighted by atomic mass is 10.2. The monoisotopic (exact) mass is 397 g/mol. The number of rotatable bonds is 7. The molecule has 7 nitrogen and oxygen atoms in total. The van der Waals surface area contributed by atoms with Crippen molar-refractivity contribution in [3.05, 3.63) is 48.1 Å². The van der Waals surface area contributed by atoms with E-state index in [-0.39, 0.29) is 12.0 Å². The van der Waals surface area contributed by atoms with E-state index in [2.05, 4.69) is 15.1 Å². The molecule has 27 heavy (non-hydrogen) atoms. The van der Waals surface area contributed by atoms with Gasteiger partial charge in [0.25, 0.3) is 5.94 Å². The number of hydrogen-bond donors (Lipinski definition) is 1. The predicted octanol–water partition coefficient (Wildman–Crippen LogP) is 3.62. The van der Waals surface area contributed by atoms with Gasteiger partial charge in [-0.15, -0.1) is 0 Å². The Labute approximate surface area is 160 Å². The fraction of sp³-hybridized carbons (Fsp3) is 0.316. The molecule has 0 bridgehead atoms. The number of carbonyl (C=O) groups is 3. The molecule has 0 aliphatic carbocycles. The Kier molecular flexibility index (Phi) is 8.11. The quantitative estimate of drug-likeness (QED) is 0.327. The molecule has 1 aromatic rings. The highest BCUT2D eigenvalue weighted by molar-refractivity contribution is 8.30. The molecule has 0 saturated carbocycles. The minimum atomic E-state index is -1.82. The van der Waals surface area contributed by atoms with E-state index >= 15 is 0 Å². The summed E-state index contributed by atoms with van der Waals surface area (Å²) in [6.45, 7) is 7.61. The van der Waals surface area contributed by atoms with E-state index in [4.69, 9.17) is 9.29 Å². The van der Waals surface area contributed by atoms with Gasteiger partial charge in [-0.1, -0.05) is 32.6 Å². The van der Waals surface area contributed by atoms with E-state index in [9.17, 15) is 14.4 Å². The van der Waals surface area contributed by atoms with Crippen LogP contribution in [0.15, 0.2) is 42.5 Å². The van der Waals surface area contributed by atoms with Crippen molar-refractivity contribution in [2.45, 2.75) is 20.3 Å². The van der Waals surface area contributed by atoms with Crippen LogP contribution in [0.4, 0.5) is 0 Å². The number of carboxylic acid groups (broad SMARTS) is 1. The van der Waals surface area contributed by atoms with Crippen molar-refractivity contribution < 1.29 is 32.2 Å². The lowest BCUT2D eigenvalue weighted by Crippen LogP contribution is -2.12. The first-order valence-electron chi connectivity index (χ1n) is 8.22. The van der Waals surface area contributed by atoms with Crippen molar-refractivity contribution in [3.8, 4) is 5.75 Å². The van der Waals surface area contributed by atoms with Gasteiger partial charge >= 0.3 is 17.9 Å². The summed E-state index contributed by atoms with van der Waals surface area (Å²) in [5, 5.41) is 8.60. The molecule has 1 unspecified atom stereocenters. The van der Waals surface area contributed by atoms with Crippen molar-refractivity contribution in [1.82, 2.24) is 0 Å². The molecule has 1 aromatic carbocycles. The SMILES string of the molecule is C=C(CC(=O)OC)C(=O)[O+]1CS1(C)Oc1ccc(/C=C/C(=O)O)cc1.CC. The van der Waals surface area contributed by atoms with Crippen molar-refractivity contribution in [3.63, 3.8) is 0 Å². The Bertz CT molecular complexity index is 739. The zero-order valence-corrected chi connectivity index (χ0v) is 16.7. The van der Waals surface area contributed by atoms with Crippen LogP contribution >= 0.6 is 10.6 Å². The van der Waals surface area contributed by atoms with E-state index in [0.29, 0.717) is 11.7 Å². The van der Waals surface area contributed by atoms with Gasteiger partial charge in [0.1, 0.15) is 5.57 Å². The standard InChI is InChI=1S/C17H18O7S.C2H6/c1-12(10-16(20)22-2)17(21)24-11-25(24,3)23-14-7-4-13(5-8-14)6-9-15(18)19;1-2/h4-9H,1,10-11H2,2-3H3;1-2H3/p+1/b9-6+;. The number of ether oxygens (including phenoxy) is 1. The Morgan fingerprint density at radius 1 is 1.26 bits per heavy atom. The number of hydrogen-bond acceptors (Lipinski definition) is 5. The van der Waals surface area contributed by atoms with E-state index in [0.717, 1.165) is 11.6 Å². The first-order chi connectivity index (χ1) is 12.7. The lowest BCUT2D eigenvalue weighted by molar-refractivity contribution is -0.144. The summed E-state index contributed by atoms with van der Waals surface area (Å²) in [7, 11) is -0.569. The number of aliphatic carboxylic acids is 1. The molecule has 1 atom stereocenters. The maximum atomic E-state index is 12.2. The van der Waals surface area contributed by atoms with Gasteiger partial charge < -0.3 is 17.8 Å². The highest BCUT2D eigenvalue weighted by Crippen LogP contribution is 2.68. The summed E-state index contributed by atoms with van der Waals surface area (Å²) in [5.41, 5.74) is 0.851. The average molecular weight is 397 g/mol. The van der Waals surface area contributed by atoms with Crippen molar-refractivity contribution in [2.75, 3.05) is 19.3 Å². The Hall–Kier alpha value is -2.74. The second-order valence-electron chi connectivity index (χ2n) is 5.36. The van der Waals surface area contributed by atoms with Crippen LogP contribution in [-0.4, -0.2) is 42.3 Å². The summed E-state index contributed by atoms with van der Waals surface area (Å²) in [4.78, 5) is 33.9. The molecule has 1 aliphatic heterocycles. The van der Waals surface area contributed by atoms with Crippen LogP contribution in [0.25, 0.3) is 6.08 Å². The Morgan fingerprint density at radius 2 is 1.85 bits per heavy atom. The molecule has 0 amide bonds. The van der Waals surface area contributed by atoms with Gasteiger partial charge in [-0.05, 0) is 34.4 Å². The minimum absolute atomic E-state index is 0.130. The molecule has 148 valence electrons. The minimum Gasteiger partial charge on any atom is -0.478 e. The van der Waals surface area contributed by atoms with Gasteiger partial charge in [-0.3, -0.25) is 4.79 Å². The number of carboxylic acids is 1. The molecule has 1 N–H and O–H groups in total. The van der Waals surface area contributed by atoms with Crippen LogP contribution in [-0.2, 0) is 22.9 Å². The maximum absolute atomic E-state index is 12.2. The van der Waals surface area contributed by atoms with Gasteiger partial charge in [0.15, 0.2) is 5.75 Å². The highest BCUT2D eigenvalue weighted by Gasteiger charge is 2.53. The second kappa shape index (κ2) is 9.82. The Balaban J connectivity index is 0.00000176. The van der Waals surface area contributed by atoms with Gasteiger partial charge in [0.2, 0.25) is 0 Å². The predicted molar refractivity (Wildman–Crippen MR) is 105 cm³/mol. The number of benzene rings is 1. The van der Waals surface area contributed by atoms with Crippen LogP contribution in [0.3, 0.4) is 0 Å². The topological polar surface area (TPSA) is 92.6 Å². The normalized spacial score (nSPS) is 19.9. The van der Waals surface area contributed by atoms with Crippen LogP contribution < -0.4 is 4.18 Å². The molecule has 0 spiro atoms. The van der Waals surface area contributed by atoms with Crippen LogP contribution in [0, 0.1) is 0 Å². The number of carbonyl (C=O) groups excluding carboxylic acids is 2. The Morgan fingerprint density at radius 3 is 2.37 bits per heavy atom. The van der Waals surface area contributed by atoms with E-state index in [1.165, 1.54) is 13.2 Å². The molecule has 1 aliphatic rings. The second-order valence-corrected chi connectivity index (χ2v) is 8.01. The summed E-state index contributed by atoms with van der Waals surface area (Å²) in [6, 6.07) is 6.83. The molecule has 0 radical (unpaired) electrons. The third kappa shape index (κ3) is 6.49. The number of methoxy groups -OCH3 is 1.